The van der Waals surface area contributed by atoms with E-state index >= 15 is 0 Å². The smallest absolute Gasteiger partial charge is 0.188 e. The van der Waals surface area contributed by atoms with E-state index in [0.29, 0.717) is 18.5 Å². The van der Waals surface area contributed by atoms with Crippen molar-refractivity contribution in [2.45, 2.75) is 37.8 Å². The second-order valence-corrected chi connectivity index (χ2v) is 6.18. The van der Waals surface area contributed by atoms with Gasteiger partial charge < -0.3 is 15.8 Å². The summed E-state index contributed by atoms with van der Waals surface area (Å²) in [5.74, 6) is 1.48. The van der Waals surface area contributed by atoms with Crippen LogP contribution < -0.4 is 15.8 Å². The number of halogens is 1. The number of hydrogen-bond acceptors (Lipinski definition) is 3. The first kappa shape index (κ1) is 18.3. The lowest BCUT2D eigenvalue weighted by Crippen LogP contribution is -2.35. The summed E-state index contributed by atoms with van der Waals surface area (Å²) >= 11 is 0. The van der Waals surface area contributed by atoms with Crippen molar-refractivity contribution >= 4 is 29.9 Å². The van der Waals surface area contributed by atoms with Crippen molar-refractivity contribution in [1.82, 2.24) is 10.2 Å². The van der Waals surface area contributed by atoms with E-state index < -0.39 is 0 Å². The molecule has 1 heterocycles. The van der Waals surface area contributed by atoms with Crippen LogP contribution in [0.4, 0.5) is 0 Å². The number of nitrogens with zero attached hydrogens (tertiary/aromatic N) is 2. The maximum absolute atomic E-state index is 5.99. The minimum atomic E-state index is 0. The van der Waals surface area contributed by atoms with E-state index in [2.05, 4.69) is 27.3 Å². The molecule has 128 valence electrons. The molecule has 1 aromatic carbocycles. The largest absolute Gasteiger partial charge is 0.497 e. The first-order valence-electron chi connectivity index (χ1n) is 8.20. The van der Waals surface area contributed by atoms with Crippen molar-refractivity contribution in [2.24, 2.45) is 10.7 Å². The lowest BCUT2D eigenvalue weighted by molar-refractivity contribution is 0.251. The molecule has 1 aliphatic heterocycles. The average molecular weight is 430 g/mol. The van der Waals surface area contributed by atoms with Gasteiger partial charge in [0.25, 0.3) is 0 Å². The van der Waals surface area contributed by atoms with Crippen molar-refractivity contribution in [2.75, 3.05) is 26.7 Å². The molecule has 1 atom stereocenters. The minimum absolute atomic E-state index is 0. The SMILES string of the molecule is COc1cccc(C(CN=C(N)NC2CC2)N2CCCC2)c1.I. The Morgan fingerprint density at radius 2 is 2.13 bits per heavy atom. The molecule has 1 unspecified atom stereocenters. The molecule has 23 heavy (non-hydrogen) atoms. The Labute approximate surface area is 155 Å². The Kier molecular flexibility index (Phi) is 6.95. The highest BCUT2D eigenvalue weighted by Gasteiger charge is 2.25. The lowest BCUT2D eigenvalue weighted by atomic mass is 10.1. The van der Waals surface area contributed by atoms with E-state index in [0.717, 1.165) is 18.8 Å². The molecule has 3 N–H and O–H groups in total. The van der Waals surface area contributed by atoms with Crippen LogP contribution in [0, 0.1) is 0 Å². The van der Waals surface area contributed by atoms with Gasteiger partial charge in [-0.25, -0.2) is 0 Å². The van der Waals surface area contributed by atoms with E-state index in [1.807, 2.05) is 12.1 Å². The molecule has 6 heteroatoms. The van der Waals surface area contributed by atoms with Gasteiger partial charge in [0, 0.05) is 6.04 Å². The Bertz CT molecular complexity index is 527. The predicted octanol–water partition coefficient (Wildman–Crippen LogP) is 2.52. The van der Waals surface area contributed by atoms with Crippen molar-refractivity contribution in [1.29, 1.82) is 0 Å². The Morgan fingerprint density at radius 3 is 2.78 bits per heavy atom. The molecule has 1 saturated heterocycles. The van der Waals surface area contributed by atoms with Gasteiger partial charge in [-0.1, -0.05) is 12.1 Å². The van der Waals surface area contributed by atoms with Crippen LogP contribution in [0.5, 0.6) is 5.75 Å². The fourth-order valence-corrected chi connectivity index (χ4v) is 3.00. The fourth-order valence-electron chi connectivity index (χ4n) is 3.00. The van der Waals surface area contributed by atoms with Crippen molar-refractivity contribution in [3.8, 4) is 5.75 Å². The number of ether oxygens (including phenoxy) is 1. The number of benzene rings is 1. The zero-order chi connectivity index (χ0) is 15.4. The fraction of sp³-hybridized carbons (Fsp3) is 0.588. The maximum atomic E-state index is 5.99. The Balaban J connectivity index is 0.00000192. The third-order valence-electron chi connectivity index (χ3n) is 4.42. The number of rotatable bonds is 6. The van der Waals surface area contributed by atoms with Crippen molar-refractivity contribution in [3.63, 3.8) is 0 Å². The normalized spacial score (nSPS) is 20.0. The molecule has 1 aliphatic carbocycles. The van der Waals surface area contributed by atoms with Crippen LogP contribution in [0.25, 0.3) is 0 Å². The van der Waals surface area contributed by atoms with Gasteiger partial charge in [0.2, 0.25) is 0 Å². The number of hydrogen-bond donors (Lipinski definition) is 2. The van der Waals surface area contributed by atoms with Gasteiger partial charge in [-0.2, -0.15) is 0 Å². The van der Waals surface area contributed by atoms with E-state index in [4.69, 9.17) is 10.5 Å². The summed E-state index contributed by atoms with van der Waals surface area (Å²) in [6, 6.07) is 9.13. The number of guanidine groups is 1. The highest BCUT2D eigenvalue weighted by atomic mass is 127. The number of methoxy groups -OCH3 is 1. The number of likely N-dealkylation sites (tertiary alicyclic amines) is 1. The third-order valence-corrected chi connectivity index (χ3v) is 4.42. The number of nitrogens with two attached hydrogens (primary N) is 1. The average Bonchev–Trinajstić information content (AvgIpc) is 3.18. The standard InChI is InChI=1S/C17H26N4O.HI/c1-22-15-6-4-5-13(11-15)16(21-9-2-3-10-21)12-19-17(18)20-14-7-8-14;/h4-6,11,14,16H,2-3,7-10,12H2,1H3,(H3,18,19,20);1H. The summed E-state index contributed by atoms with van der Waals surface area (Å²) in [6.45, 7) is 2.96. The van der Waals surface area contributed by atoms with Gasteiger partial charge in [0.1, 0.15) is 5.75 Å². The summed E-state index contributed by atoms with van der Waals surface area (Å²) in [7, 11) is 1.71. The molecule has 0 bridgehead atoms. The molecular formula is C17H27IN4O. The zero-order valence-electron chi connectivity index (χ0n) is 13.7. The number of aliphatic imine (C=N–C) groups is 1. The maximum Gasteiger partial charge on any atom is 0.188 e. The summed E-state index contributed by atoms with van der Waals surface area (Å²) < 4.78 is 5.36. The van der Waals surface area contributed by atoms with Crippen LogP contribution in [-0.2, 0) is 0 Å². The van der Waals surface area contributed by atoms with E-state index in [1.54, 1.807) is 7.11 Å². The van der Waals surface area contributed by atoms with Crippen LogP contribution in [0.1, 0.15) is 37.3 Å². The summed E-state index contributed by atoms with van der Waals surface area (Å²) in [4.78, 5) is 7.08. The summed E-state index contributed by atoms with van der Waals surface area (Å²) in [5.41, 5.74) is 7.25. The van der Waals surface area contributed by atoms with Gasteiger partial charge in [0.05, 0.1) is 19.7 Å². The molecule has 0 radical (unpaired) electrons. The molecule has 5 nitrogen and oxygen atoms in total. The molecule has 1 aromatic rings. The zero-order valence-corrected chi connectivity index (χ0v) is 16.0. The topological polar surface area (TPSA) is 62.9 Å². The van der Waals surface area contributed by atoms with Gasteiger partial charge in [-0.3, -0.25) is 9.89 Å². The van der Waals surface area contributed by atoms with Crippen LogP contribution in [0.2, 0.25) is 0 Å². The Morgan fingerprint density at radius 1 is 1.39 bits per heavy atom. The second kappa shape index (κ2) is 8.73. The first-order chi connectivity index (χ1) is 10.8. The lowest BCUT2D eigenvalue weighted by Gasteiger charge is -2.27. The first-order valence-corrected chi connectivity index (χ1v) is 8.20. The van der Waals surface area contributed by atoms with E-state index in [1.165, 1.54) is 31.2 Å². The molecular weight excluding hydrogens is 403 g/mol. The monoisotopic (exact) mass is 430 g/mol. The molecule has 0 aromatic heterocycles. The molecule has 0 spiro atoms. The molecule has 3 rings (SSSR count). The van der Waals surface area contributed by atoms with Crippen LogP contribution in [0.15, 0.2) is 29.3 Å². The third kappa shape index (κ3) is 5.24. The van der Waals surface area contributed by atoms with Gasteiger partial charge in [-0.05, 0) is 56.5 Å². The van der Waals surface area contributed by atoms with Crippen molar-refractivity contribution < 1.29 is 4.74 Å². The second-order valence-electron chi connectivity index (χ2n) is 6.18. The Hall–Kier alpha value is -1.02. The van der Waals surface area contributed by atoms with Gasteiger partial charge in [-0.15, -0.1) is 24.0 Å². The summed E-state index contributed by atoms with van der Waals surface area (Å²) in [6.07, 6.45) is 4.95. The van der Waals surface area contributed by atoms with E-state index in [9.17, 15) is 0 Å². The minimum Gasteiger partial charge on any atom is -0.497 e. The van der Waals surface area contributed by atoms with Crippen LogP contribution in [-0.4, -0.2) is 43.6 Å². The highest BCUT2D eigenvalue weighted by Crippen LogP contribution is 2.28. The van der Waals surface area contributed by atoms with E-state index in [-0.39, 0.29) is 30.0 Å². The number of nitrogens with one attached hydrogen (secondary N) is 1. The van der Waals surface area contributed by atoms with Crippen LogP contribution >= 0.6 is 24.0 Å². The molecule has 0 amide bonds. The van der Waals surface area contributed by atoms with Gasteiger partial charge >= 0.3 is 0 Å². The molecule has 2 aliphatic rings. The predicted molar refractivity (Wildman–Crippen MR) is 105 cm³/mol. The quantitative estimate of drug-likeness (QED) is 0.414. The molecule has 2 fully saturated rings. The summed E-state index contributed by atoms with van der Waals surface area (Å²) in [5, 5.41) is 3.26. The molecule has 1 saturated carbocycles. The van der Waals surface area contributed by atoms with Gasteiger partial charge in [0.15, 0.2) is 5.96 Å². The van der Waals surface area contributed by atoms with Crippen LogP contribution in [0.3, 0.4) is 0 Å². The van der Waals surface area contributed by atoms with Crippen molar-refractivity contribution in [3.05, 3.63) is 29.8 Å². The highest BCUT2D eigenvalue weighted by molar-refractivity contribution is 14.0.